The Bertz CT molecular complexity index is 1110. The summed E-state index contributed by atoms with van der Waals surface area (Å²) >= 11 is 0. The van der Waals surface area contributed by atoms with Gasteiger partial charge in [-0.05, 0) is 43.7 Å². The summed E-state index contributed by atoms with van der Waals surface area (Å²) in [5.74, 6) is -0.649. The predicted molar refractivity (Wildman–Crippen MR) is 127 cm³/mol. The van der Waals surface area contributed by atoms with Crippen molar-refractivity contribution in [2.45, 2.75) is 19.6 Å². The number of nitrogens with zero attached hydrogens (tertiary/aromatic N) is 2. The smallest absolute Gasteiger partial charge is 0.357 e. The van der Waals surface area contributed by atoms with Crippen LogP contribution in [0.15, 0.2) is 66.9 Å². The van der Waals surface area contributed by atoms with Crippen molar-refractivity contribution in [1.82, 2.24) is 4.98 Å². The van der Waals surface area contributed by atoms with E-state index >= 15 is 0 Å². The first-order valence-electron chi connectivity index (χ1n) is 10.4. The van der Waals surface area contributed by atoms with Crippen LogP contribution in [0.3, 0.4) is 0 Å². The number of benzene rings is 2. The average Bonchev–Trinajstić information content (AvgIpc) is 2.83. The van der Waals surface area contributed by atoms with Gasteiger partial charge in [-0.15, -0.1) is 0 Å². The topological polar surface area (TPSA) is 113 Å². The van der Waals surface area contributed by atoms with Crippen LogP contribution in [0.1, 0.15) is 25.2 Å². The van der Waals surface area contributed by atoms with Crippen molar-refractivity contribution < 1.29 is 23.3 Å². The lowest BCUT2D eigenvalue weighted by molar-refractivity contribution is -0.384. The van der Waals surface area contributed by atoms with Crippen LogP contribution in [0.4, 0.5) is 11.4 Å². The number of methoxy groups -OCH3 is 1. The summed E-state index contributed by atoms with van der Waals surface area (Å²) < 4.78 is 30.0. The molecule has 174 valence electrons. The van der Waals surface area contributed by atoms with Crippen LogP contribution in [0.25, 0.3) is 11.3 Å². The first-order chi connectivity index (χ1) is 15.9. The third kappa shape index (κ3) is 5.76. The molecule has 0 amide bonds. The highest BCUT2D eigenvalue weighted by Gasteiger charge is 2.38. The minimum atomic E-state index is -3.75. The van der Waals surface area contributed by atoms with E-state index in [1.165, 1.54) is 19.2 Å². The Labute approximate surface area is 192 Å². The number of ether oxygens (including phenoxy) is 1. The number of hydrogen-bond acceptors (Lipinski definition) is 8. The van der Waals surface area contributed by atoms with E-state index in [2.05, 4.69) is 10.3 Å². The van der Waals surface area contributed by atoms with Crippen molar-refractivity contribution in [3.8, 4) is 17.0 Å². The number of hydrogen-bond donors (Lipinski definition) is 1. The van der Waals surface area contributed by atoms with Gasteiger partial charge in [-0.25, -0.2) is 0 Å². The molecule has 3 aromatic rings. The van der Waals surface area contributed by atoms with Crippen LogP contribution in [0, 0.1) is 10.1 Å². The van der Waals surface area contributed by atoms with Gasteiger partial charge >= 0.3 is 7.60 Å². The van der Waals surface area contributed by atoms with Crippen LogP contribution >= 0.6 is 7.60 Å². The van der Waals surface area contributed by atoms with E-state index in [0.717, 1.165) is 11.3 Å². The van der Waals surface area contributed by atoms with Crippen LogP contribution in [0.2, 0.25) is 0 Å². The molecule has 1 N–H and O–H groups in total. The zero-order valence-corrected chi connectivity index (χ0v) is 19.5. The van der Waals surface area contributed by atoms with Crippen molar-refractivity contribution in [1.29, 1.82) is 0 Å². The van der Waals surface area contributed by atoms with Gasteiger partial charge in [0.15, 0.2) is 5.78 Å². The third-order valence-electron chi connectivity index (χ3n) is 4.82. The van der Waals surface area contributed by atoms with Gasteiger partial charge in [0.05, 0.1) is 37.0 Å². The molecular weight excluding hydrogens is 445 g/mol. The second-order valence-corrected chi connectivity index (χ2v) is 9.01. The van der Waals surface area contributed by atoms with Gasteiger partial charge in [0.1, 0.15) is 11.4 Å². The predicted octanol–water partition coefficient (Wildman–Crippen LogP) is 6.04. The second-order valence-electron chi connectivity index (χ2n) is 6.90. The molecule has 1 unspecified atom stereocenters. The Kier molecular flexibility index (Phi) is 8.16. The van der Waals surface area contributed by atoms with Gasteiger partial charge < -0.3 is 19.1 Å². The van der Waals surface area contributed by atoms with Crippen LogP contribution < -0.4 is 10.1 Å². The monoisotopic (exact) mass is 471 g/mol. The minimum Gasteiger partial charge on any atom is -0.496 e. The Hall–Kier alpha value is -3.26. The fraction of sp³-hybridized carbons (Fsp3) is 0.261. The zero-order chi connectivity index (χ0) is 23.8. The molecule has 1 aromatic heterocycles. The largest absolute Gasteiger partial charge is 0.496 e. The van der Waals surface area contributed by atoms with Crippen molar-refractivity contribution >= 4 is 19.0 Å². The van der Waals surface area contributed by atoms with Crippen molar-refractivity contribution in [2.24, 2.45) is 0 Å². The summed E-state index contributed by atoms with van der Waals surface area (Å²) in [6.45, 7) is 3.71. The van der Waals surface area contributed by atoms with E-state index in [0.29, 0.717) is 11.3 Å². The molecule has 0 radical (unpaired) electrons. The van der Waals surface area contributed by atoms with Crippen LogP contribution in [-0.2, 0) is 13.6 Å². The van der Waals surface area contributed by atoms with Crippen molar-refractivity contribution in [3.63, 3.8) is 0 Å². The molecule has 2 aromatic carbocycles. The highest BCUT2D eigenvalue weighted by Crippen LogP contribution is 2.61. The molecule has 0 fully saturated rings. The maximum absolute atomic E-state index is 13.8. The van der Waals surface area contributed by atoms with E-state index in [1.807, 2.05) is 30.3 Å². The molecule has 0 spiro atoms. The maximum Gasteiger partial charge on any atom is 0.357 e. The van der Waals surface area contributed by atoms with Gasteiger partial charge in [-0.3, -0.25) is 19.7 Å². The average molecular weight is 471 g/mol. The van der Waals surface area contributed by atoms with Gasteiger partial charge in [0, 0.05) is 11.8 Å². The van der Waals surface area contributed by atoms with Crippen molar-refractivity contribution in [2.75, 3.05) is 25.6 Å². The molecule has 0 saturated heterocycles. The Morgan fingerprint density at radius 2 is 1.76 bits per heavy atom. The first-order valence-corrected chi connectivity index (χ1v) is 12.0. The minimum absolute atomic E-state index is 0.145. The molecule has 33 heavy (non-hydrogen) atoms. The Morgan fingerprint density at radius 3 is 2.30 bits per heavy atom. The summed E-state index contributed by atoms with van der Waals surface area (Å²) in [5.41, 5.74) is 2.20. The van der Waals surface area contributed by atoms with E-state index in [9.17, 15) is 14.7 Å². The Balaban J connectivity index is 2.06. The van der Waals surface area contributed by atoms with Gasteiger partial charge in [-0.2, -0.15) is 0 Å². The summed E-state index contributed by atoms with van der Waals surface area (Å²) in [6, 6.07) is 17.3. The van der Waals surface area contributed by atoms with Gasteiger partial charge in [-0.1, -0.05) is 30.3 Å². The summed E-state index contributed by atoms with van der Waals surface area (Å²) in [7, 11) is -2.33. The number of rotatable bonds is 11. The third-order valence-corrected chi connectivity index (χ3v) is 7.11. The quantitative estimate of drug-likeness (QED) is 0.205. The molecule has 0 bridgehead atoms. The summed E-state index contributed by atoms with van der Waals surface area (Å²) in [4.78, 5) is 15.5. The van der Waals surface area contributed by atoms with Crippen LogP contribution in [0.5, 0.6) is 5.75 Å². The lowest BCUT2D eigenvalue weighted by Crippen LogP contribution is -2.16. The fourth-order valence-corrected chi connectivity index (χ4v) is 5.25. The molecule has 0 aliphatic rings. The first kappa shape index (κ1) is 24.4. The van der Waals surface area contributed by atoms with E-state index in [-0.39, 0.29) is 24.6 Å². The highest BCUT2D eigenvalue weighted by atomic mass is 31.2. The molecule has 0 aliphatic carbocycles. The molecule has 9 nitrogen and oxygen atoms in total. The molecular formula is C23H26N3O6P. The van der Waals surface area contributed by atoms with Gasteiger partial charge in [0.25, 0.3) is 5.69 Å². The second kappa shape index (κ2) is 11.0. The number of nitro benzene ring substituents is 1. The normalized spacial score (nSPS) is 12.2. The summed E-state index contributed by atoms with van der Waals surface area (Å²) in [6.07, 6.45) is 1.70. The molecule has 0 saturated carbocycles. The number of anilines is 1. The maximum atomic E-state index is 13.8. The lowest BCUT2D eigenvalue weighted by Gasteiger charge is -2.28. The standard InChI is InChI=1S/C23H26N3O6P/c1-4-31-33(29,32-5-2)23(25-21-14-13-19(30-3)16-22(21)26(27)28)18-11-9-17(10-12-18)20-8-6-7-15-24-20/h6-16,23,25H,4-5H2,1-3H3. The Morgan fingerprint density at radius 1 is 1.06 bits per heavy atom. The number of aromatic nitrogens is 1. The van der Waals surface area contributed by atoms with E-state index in [1.54, 1.807) is 38.2 Å². The number of nitro groups is 1. The SMILES string of the molecule is CCOP(=O)(OCC)C(Nc1ccc(OC)cc1[N+](=O)[O-])c1ccc(-c2ccccn2)cc1. The zero-order valence-electron chi connectivity index (χ0n) is 18.6. The van der Waals surface area contributed by atoms with E-state index in [4.69, 9.17) is 13.8 Å². The molecule has 3 rings (SSSR count). The molecule has 1 heterocycles. The highest BCUT2D eigenvalue weighted by molar-refractivity contribution is 7.54. The fourth-order valence-electron chi connectivity index (χ4n) is 3.32. The molecule has 0 aliphatic heterocycles. The van der Waals surface area contributed by atoms with Crippen molar-refractivity contribution in [3.05, 3.63) is 82.5 Å². The molecule has 1 atom stereocenters. The number of pyridine rings is 1. The number of nitrogens with one attached hydrogen (secondary N) is 1. The van der Waals surface area contributed by atoms with Crippen LogP contribution in [-0.4, -0.2) is 30.2 Å². The lowest BCUT2D eigenvalue weighted by atomic mass is 10.1. The van der Waals surface area contributed by atoms with E-state index < -0.39 is 18.3 Å². The van der Waals surface area contributed by atoms with Gasteiger partial charge in [0.2, 0.25) is 0 Å². The summed E-state index contributed by atoms with van der Waals surface area (Å²) in [5, 5.41) is 14.7. The molecule has 10 heteroatoms.